The van der Waals surface area contributed by atoms with Gasteiger partial charge < -0.3 is 24.8 Å². The lowest BCUT2D eigenvalue weighted by Crippen LogP contribution is -2.17. The van der Waals surface area contributed by atoms with Crippen LogP contribution in [0.4, 0.5) is 5.69 Å². The van der Waals surface area contributed by atoms with Crippen LogP contribution in [0.5, 0.6) is 11.5 Å². The number of rotatable bonds is 8. The molecule has 0 aromatic heterocycles. The van der Waals surface area contributed by atoms with Crippen LogP contribution in [0.15, 0.2) is 12.1 Å². The molecule has 23 heavy (non-hydrogen) atoms. The smallest absolute Gasteiger partial charge is 0.340 e. The van der Waals surface area contributed by atoms with Gasteiger partial charge in [-0.3, -0.25) is 4.79 Å². The zero-order valence-corrected chi connectivity index (χ0v) is 14.5. The predicted octanol–water partition coefficient (Wildman–Crippen LogP) is 1.85. The van der Waals surface area contributed by atoms with E-state index >= 15 is 0 Å². The van der Waals surface area contributed by atoms with Crippen molar-refractivity contribution in [3.63, 3.8) is 0 Å². The number of anilines is 1. The molecule has 0 heterocycles. The van der Waals surface area contributed by atoms with E-state index in [-0.39, 0.29) is 23.9 Å². The van der Waals surface area contributed by atoms with Gasteiger partial charge >= 0.3 is 5.97 Å². The third kappa shape index (κ3) is 5.96. The fourth-order valence-electron chi connectivity index (χ4n) is 1.90. The van der Waals surface area contributed by atoms with E-state index in [1.54, 1.807) is 6.07 Å². The van der Waals surface area contributed by atoms with Crippen molar-refractivity contribution in [1.82, 2.24) is 5.32 Å². The number of halogens is 1. The van der Waals surface area contributed by atoms with Crippen LogP contribution >= 0.6 is 12.4 Å². The Hall–Kier alpha value is -1.99. The Balaban J connectivity index is 0.00000484. The molecule has 0 saturated heterocycles. The van der Waals surface area contributed by atoms with Gasteiger partial charge in [-0.05, 0) is 20.0 Å². The number of hydrogen-bond acceptors (Lipinski definition) is 6. The lowest BCUT2D eigenvalue weighted by molar-refractivity contribution is -0.116. The molecule has 0 radical (unpaired) electrons. The average Bonchev–Trinajstić information content (AvgIpc) is 2.53. The van der Waals surface area contributed by atoms with E-state index in [0.717, 1.165) is 6.54 Å². The second kappa shape index (κ2) is 10.7. The minimum Gasteiger partial charge on any atom is -0.493 e. The summed E-state index contributed by atoms with van der Waals surface area (Å²) in [7, 11) is 6.04. The molecule has 7 nitrogen and oxygen atoms in total. The van der Waals surface area contributed by atoms with E-state index in [1.807, 2.05) is 7.05 Å². The molecule has 0 fully saturated rings. The summed E-state index contributed by atoms with van der Waals surface area (Å²) < 4.78 is 15.1. The second-order valence-electron chi connectivity index (χ2n) is 4.50. The van der Waals surface area contributed by atoms with Crippen LogP contribution in [0.3, 0.4) is 0 Å². The van der Waals surface area contributed by atoms with Crippen LogP contribution in [-0.2, 0) is 9.53 Å². The van der Waals surface area contributed by atoms with E-state index in [9.17, 15) is 9.59 Å². The normalized spacial score (nSPS) is 9.57. The summed E-state index contributed by atoms with van der Waals surface area (Å²) >= 11 is 0. The van der Waals surface area contributed by atoms with Gasteiger partial charge in [-0.1, -0.05) is 0 Å². The molecule has 0 saturated carbocycles. The van der Waals surface area contributed by atoms with E-state index in [4.69, 9.17) is 14.2 Å². The Labute approximate surface area is 142 Å². The topological polar surface area (TPSA) is 85.9 Å². The Bertz CT molecular complexity index is 537. The highest BCUT2D eigenvalue weighted by molar-refractivity contribution is 6.02. The van der Waals surface area contributed by atoms with Crippen molar-refractivity contribution in [1.29, 1.82) is 0 Å². The van der Waals surface area contributed by atoms with E-state index in [1.165, 1.54) is 27.4 Å². The van der Waals surface area contributed by atoms with Gasteiger partial charge in [-0.25, -0.2) is 4.79 Å². The van der Waals surface area contributed by atoms with Crippen molar-refractivity contribution < 1.29 is 23.8 Å². The molecular weight excluding hydrogens is 324 g/mol. The number of benzene rings is 1. The summed E-state index contributed by atoms with van der Waals surface area (Å²) in [6, 6.07) is 3.02. The van der Waals surface area contributed by atoms with E-state index in [0.29, 0.717) is 30.0 Å². The molecule has 0 spiro atoms. The van der Waals surface area contributed by atoms with Gasteiger partial charge in [0, 0.05) is 18.6 Å². The number of ether oxygens (including phenoxy) is 3. The van der Waals surface area contributed by atoms with E-state index < -0.39 is 5.97 Å². The molecule has 1 aromatic carbocycles. The Kier molecular flexibility index (Phi) is 9.76. The highest BCUT2D eigenvalue weighted by Gasteiger charge is 2.18. The number of carbonyl (C=O) groups is 2. The minimum absolute atomic E-state index is 0. The summed E-state index contributed by atoms with van der Waals surface area (Å²) in [5.41, 5.74) is 0.543. The summed E-state index contributed by atoms with van der Waals surface area (Å²) in [5, 5.41) is 5.68. The van der Waals surface area contributed by atoms with Gasteiger partial charge in [0.1, 0.15) is 0 Å². The first kappa shape index (κ1) is 21.0. The first-order valence-electron chi connectivity index (χ1n) is 6.86. The Morgan fingerprint density at radius 1 is 1.09 bits per heavy atom. The first-order valence-corrected chi connectivity index (χ1v) is 6.86. The zero-order chi connectivity index (χ0) is 16.5. The molecule has 0 aliphatic heterocycles. The molecule has 2 N–H and O–H groups in total. The number of nitrogens with one attached hydrogen (secondary N) is 2. The molecule has 0 bridgehead atoms. The maximum atomic E-state index is 11.9. The van der Waals surface area contributed by atoms with Crippen LogP contribution < -0.4 is 20.1 Å². The Morgan fingerprint density at radius 3 is 2.22 bits per heavy atom. The lowest BCUT2D eigenvalue weighted by atomic mass is 10.1. The molecule has 0 aliphatic carbocycles. The third-order valence-electron chi connectivity index (χ3n) is 3.03. The average molecular weight is 347 g/mol. The van der Waals surface area contributed by atoms with Crippen LogP contribution in [0.2, 0.25) is 0 Å². The van der Waals surface area contributed by atoms with Crippen LogP contribution in [0.25, 0.3) is 0 Å². The summed E-state index contributed by atoms with van der Waals surface area (Å²) in [6.07, 6.45) is 1.04. The van der Waals surface area contributed by atoms with Crippen molar-refractivity contribution >= 4 is 30.0 Å². The first-order chi connectivity index (χ1) is 10.6. The fraction of sp³-hybridized carbons (Fsp3) is 0.467. The van der Waals surface area contributed by atoms with E-state index in [2.05, 4.69) is 10.6 Å². The van der Waals surface area contributed by atoms with Crippen molar-refractivity contribution in [2.75, 3.05) is 40.2 Å². The third-order valence-corrected chi connectivity index (χ3v) is 3.03. The largest absolute Gasteiger partial charge is 0.493 e. The van der Waals surface area contributed by atoms with Gasteiger partial charge in [0.15, 0.2) is 11.5 Å². The molecule has 1 rings (SSSR count). The number of carbonyl (C=O) groups excluding carboxylic acids is 2. The minimum atomic E-state index is -0.563. The van der Waals surface area contributed by atoms with Gasteiger partial charge in [-0.2, -0.15) is 0 Å². The van der Waals surface area contributed by atoms with Gasteiger partial charge in [0.05, 0.1) is 32.6 Å². The Morgan fingerprint density at radius 2 is 1.70 bits per heavy atom. The summed E-state index contributed by atoms with van der Waals surface area (Å²) in [6.45, 7) is 0.739. The number of esters is 1. The number of hydrogen-bond donors (Lipinski definition) is 2. The second-order valence-corrected chi connectivity index (χ2v) is 4.50. The lowest BCUT2D eigenvalue weighted by Gasteiger charge is -2.14. The molecule has 0 unspecified atom stereocenters. The highest BCUT2D eigenvalue weighted by atomic mass is 35.5. The van der Waals surface area contributed by atoms with Crippen molar-refractivity contribution in [2.24, 2.45) is 0 Å². The number of methoxy groups -OCH3 is 3. The monoisotopic (exact) mass is 346 g/mol. The zero-order valence-electron chi connectivity index (χ0n) is 13.7. The van der Waals surface area contributed by atoms with Crippen molar-refractivity contribution in [2.45, 2.75) is 12.8 Å². The molecule has 0 atom stereocenters. The van der Waals surface area contributed by atoms with Crippen molar-refractivity contribution in [3.8, 4) is 11.5 Å². The maximum absolute atomic E-state index is 11.9. The molecular formula is C15H23ClN2O5. The molecule has 8 heteroatoms. The fourth-order valence-corrected chi connectivity index (χ4v) is 1.90. The van der Waals surface area contributed by atoms with Gasteiger partial charge in [-0.15, -0.1) is 12.4 Å². The molecule has 0 aliphatic rings. The number of amides is 1. The highest BCUT2D eigenvalue weighted by Crippen LogP contribution is 2.33. The van der Waals surface area contributed by atoms with Crippen LogP contribution in [-0.4, -0.2) is 46.8 Å². The van der Waals surface area contributed by atoms with Gasteiger partial charge in [0.2, 0.25) is 5.91 Å². The SMILES string of the molecule is CNCCCC(=O)Nc1cc(OC)c(OC)cc1C(=O)OC.Cl. The quantitative estimate of drug-likeness (QED) is 0.552. The maximum Gasteiger partial charge on any atom is 0.340 e. The van der Waals surface area contributed by atoms with Crippen LogP contribution in [0, 0.1) is 0 Å². The van der Waals surface area contributed by atoms with Crippen LogP contribution in [0.1, 0.15) is 23.2 Å². The summed E-state index contributed by atoms with van der Waals surface area (Å²) in [4.78, 5) is 23.8. The standard InChI is InChI=1S/C15H22N2O5.ClH/c1-16-7-5-6-14(18)17-11-9-13(21-3)12(20-2)8-10(11)15(19)22-4;/h8-9,16H,5-7H2,1-4H3,(H,17,18);1H. The van der Waals surface area contributed by atoms with Crippen molar-refractivity contribution in [3.05, 3.63) is 17.7 Å². The molecule has 1 amide bonds. The predicted molar refractivity (Wildman–Crippen MR) is 89.9 cm³/mol. The van der Waals surface area contributed by atoms with Gasteiger partial charge in [0.25, 0.3) is 0 Å². The summed E-state index contributed by atoms with van der Waals surface area (Å²) in [5.74, 6) is 0.0517. The molecule has 1 aromatic rings. The molecule has 130 valence electrons.